The fourth-order valence-electron chi connectivity index (χ4n) is 3.88. The fraction of sp³-hybridized carbons (Fsp3) is 0.308. The van der Waals surface area contributed by atoms with Gasteiger partial charge in [-0.05, 0) is 57.2 Å². The van der Waals surface area contributed by atoms with Crippen LogP contribution in [-0.2, 0) is 4.74 Å². The van der Waals surface area contributed by atoms with Crippen LogP contribution in [0.1, 0.15) is 47.3 Å². The van der Waals surface area contributed by atoms with Crippen LogP contribution in [0.25, 0.3) is 5.69 Å². The number of nitrogens with two attached hydrogens (primary N) is 1. The molecule has 12 heteroatoms. The number of pyridine rings is 1. The second-order valence-corrected chi connectivity index (χ2v) is 9.67. The summed E-state index contributed by atoms with van der Waals surface area (Å²) in [5.74, 6) is -1.41. The van der Waals surface area contributed by atoms with Gasteiger partial charge in [0.05, 0.1) is 29.2 Å². The molecule has 3 N–H and O–H groups in total. The zero-order chi connectivity index (χ0) is 27.4. The Kier molecular flexibility index (Phi) is 7.29. The smallest absolute Gasteiger partial charge is 0.410 e. The van der Waals surface area contributed by atoms with E-state index in [2.05, 4.69) is 20.3 Å². The average Bonchev–Trinajstić information content (AvgIpc) is 3.32. The highest BCUT2D eigenvalue weighted by Crippen LogP contribution is 2.22. The highest BCUT2D eigenvalue weighted by Gasteiger charge is 2.26. The molecule has 2 aromatic heterocycles. The van der Waals surface area contributed by atoms with E-state index in [0.717, 1.165) is 5.69 Å². The van der Waals surface area contributed by atoms with Crippen molar-refractivity contribution in [2.24, 2.45) is 5.73 Å². The first kappa shape index (κ1) is 26.2. The maximum absolute atomic E-state index is 12.6. The number of carbonyl (C=O) groups excluding carboxylic acids is 3. The summed E-state index contributed by atoms with van der Waals surface area (Å²) in [7, 11) is 0. The van der Waals surface area contributed by atoms with Crippen LogP contribution in [0.4, 0.5) is 16.2 Å². The second kappa shape index (κ2) is 10.6. The quantitative estimate of drug-likeness (QED) is 0.523. The number of rotatable bonds is 5. The summed E-state index contributed by atoms with van der Waals surface area (Å²) >= 11 is 0. The Morgan fingerprint density at radius 2 is 1.71 bits per heavy atom. The van der Waals surface area contributed by atoms with E-state index in [0.29, 0.717) is 31.9 Å². The van der Waals surface area contributed by atoms with Gasteiger partial charge in [0.2, 0.25) is 0 Å². The lowest BCUT2D eigenvalue weighted by Gasteiger charge is -2.36. The molecule has 0 radical (unpaired) electrons. The van der Waals surface area contributed by atoms with E-state index in [1.807, 2.05) is 51.1 Å². The van der Waals surface area contributed by atoms with Gasteiger partial charge in [-0.25, -0.2) is 9.48 Å². The molecule has 1 aliphatic heterocycles. The number of nitriles is 1. The molecule has 1 fully saturated rings. The molecule has 12 nitrogen and oxygen atoms in total. The van der Waals surface area contributed by atoms with E-state index in [4.69, 9.17) is 15.7 Å². The lowest BCUT2D eigenvalue weighted by Crippen LogP contribution is -2.50. The number of piperazine rings is 1. The van der Waals surface area contributed by atoms with Gasteiger partial charge < -0.3 is 25.6 Å². The lowest BCUT2D eigenvalue weighted by molar-refractivity contribution is 0.0240. The molecular weight excluding hydrogens is 488 g/mol. The lowest BCUT2D eigenvalue weighted by atomic mass is 10.2. The zero-order valence-corrected chi connectivity index (χ0v) is 21.3. The van der Waals surface area contributed by atoms with Gasteiger partial charge >= 0.3 is 6.09 Å². The van der Waals surface area contributed by atoms with E-state index in [-0.39, 0.29) is 28.7 Å². The molecule has 3 aromatic rings. The molecule has 0 spiro atoms. The third-order valence-electron chi connectivity index (χ3n) is 5.73. The molecular formula is C26H28N8O4. The van der Waals surface area contributed by atoms with Gasteiger partial charge in [-0.1, -0.05) is 0 Å². The Bertz CT molecular complexity index is 1390. The van der Waals surface area contributed by atoms with Crippen molar-refractivity contribution in [2.75, 3.05) is 36.4 Å². The summed E-state index contributed by atoms with van der Waals surface area (Å²) in [5, 5.41) is 15.9. The van der Waals surface area contributed by atoms with Crippen molar-refractivity contribution in [3.63, 3.8) is 0 Å². The van der Waals surface area contributed by atoms with Crippen LogP contribution in [0.2, 0.25) is 0 Å². The largest absolute Gasteiger partial charge is 0.444 e. The van der Waals surface area contributed by atoms with Crippen LogP contribution >= 0.6 is 0 Å². The van der Waals surface area contributed by atoms with E-state index < -0.39 is 17.4 Å². The Morgan fingerprint density at radius 1 is 1.05 bits per heavy atom. The average molecular weight is 517 g/mol. The molecule has 0 saturated carbocycles. The summed E-state index contributed by atoms with van der Waals surface area (Å²) in [4.78, 5) is 44.8. The van der Waals surface area contributed by atoms with Crippen LogP contribution < -0.4 is 16.0 Å². The van der Waals surface area contributed by atoms with Crippen LogP contribution in [0.5, 0.6) is 0 Å². The van der Waals surface area contributed by atoms with Gasteiger partial charge in [-0.3, -0.25) is 14.6 Å². The van der Waals surface area contributed by atoms with Crippen molar-refractivity contribution in [1.29, 1.82) is 5.26 Å². The third kappa shape index (κ3) is 6.07. The Labute approximate surface area is 219 Å². The molecule has 3 heterocycles. The van der Waals surface area contributed by atoms with Gasteiger partial charge in [-0.15, -0.1) is 0 Å². The highest BCUT2D eigenvalue weighted by atomic mass is 16.6. The predicted octanol–water partition coefficient (Wildman–Crippen LogP) is 2.55. The molecule has 0 aliphatic carbocycles. The van der Waals surface area contributed by atoms with E-state index >= 15 is 0 Å². The molecule has 1 aliphatic rings. The number of benzene rings is 1. The monoisotopic (exact) mass is 516 g/mol. The van der Waals surface area contributed by atoms with Crippen LogP contribution in [0.3, 0.4) is 0 Å². The molecule has 196 valence electrons. The summed E-state index contributed by atoms with van der Waals surface area (Å²) in [6.07, 6.45) is 2.53. The van der Waals surface area contributed by atoms with Crippen molar-refractivity contribution in [2.45, 2.75) is 26.4 Å². The first-order valence-corrected chi connectivity index (χ1v) is 11.9. The number of anilines is 2. The number of hydrogen-bond acceptors (Lipinski definition) is 8. The van der Waals surface area contributed by atoms with E-state index in [1.54, 1.807) is 4.90 Å². The van der Waals surface area contributed by atoms with Crippen molar-refractivity contribution < 1.29 is 19.1 Å². The number of carbonyl (C=O) groups is 3. The molecule has 4 rings (SSSR count). The molecule has 0 atom stereocenters. The normalized spacial score (nSPS) is 13.5. The Balaban J connectivity index is 1.45. The number of nitrogens with zero attached hydrogens (tertiary/aromatic N) is 6. The fourth-order valence-corrected chi connectivity index (χ4v) is 3.88. The maximum Gasteiger partial charge on any atom is 0.410 e. The number of nitrogens with one attached hydrogen (secondary N) is 1. The van der Waals surface area contributed by atoms with Crippen LogP contribution in [-0.4, -0.2) is 69.4 Å². The van der Waals surface area contributed by atoms with Gasteiger partial charge in [0, 0.05) is 38.1 Å². The topological polar surface area (TPSA) is 159 Å². The Morgan fingerprint density at radius 3 is 2.32 bits per heavy atom. The van der Waals surface area contributed by atoms with Crippen molar-refractivity contribution in [3.8, 4) is 11.8 Å². The van der Waals surface area contributed by atoms with Crippen molar-refractivity contribution >= 4 is 29.3 Å². The van der Waals surface area contributed by atoms with E-state index in [9.17, 15) is 14.4 Å². The summed E-state index contributed by atoms with van der Waals surface area (Å²) < 4.78 is 6.90. The van der Waals surface area contributed by atoms with Crippen molar-refractivity contribution in [1.82, 2.24) is 19.7 Å². The summed E-state index contributed by atoms with van der Waals surface area (Å²) in [6, 6.07) is 12.3. The number of ether oxygens (including phenoxy) is 1. The Hall–Kier alpha value is -4.92. The van der Waals surface area contributed by atoms with Crippen LogP contribution in [0, 0.1) is 11.3 Å². The summed E-state index contributed by atoms with van der Waals surface area (Å²) in [5.41, 5.74) is 6.87. The molecule has 0 unspecified atom stereocenters. The number of aromatic nitrogens is 3. The molecule has 1 saturated heterocycles. The molecule has 1 aromatic carbocycles. The second-order valence-electron chi connectivity index (χ2n) is 9.67. The molecule has 38 heavy (non-hydrogen) atoms. The molecule has 3 amide bonds. The van der Waals surface area contributed by atoms with E-state index in [1.165, 1.54) is 29.2 Å². The maximum atomic E-state index is 12.6. The minimum Gasteiger partial charge on any atom is -0.444 e. The van der Waals surface area contributed by atoms with Gasteiger partial charge in [-0.2, -0.15) is 10.4 Å². The SMILES string of the molecule is CC(C)(C)OC(=O)N1CCN(c2ccc(-n3cc(NC(=O)c4cc(C#N)ccn4)c(C(N)=O)n3)cc2)CC1. The zero-order valence-electron chi connectivity index (χ0n) is 21.3. The number of primary amides is 1. The first-order chi connectivity index (χ1) is 18.0. The highest BCUT2D eigenvalue weighted by molar-refractivity contribution is 6.07. The molecule has 0 bridgehead atoms. The standard InChI is InChI=1S/C26H28N8O4/c1-26(2,3)38-25(37)33-12-10-32(11-13-33)18-4-6-19(7-5-18)34-16-21(22(31-34)23(28)35)30-24(36)20-14-17(15-27)8-9-29-20/h4-9,14,16H,10-13H2,1-3H3,(H2,28,35)(H,30,36). The van der Waals surface area contributed by atoms with Crippen LogP contribution in [0.15, 0.2) is 48.8 Å². The number of amides is 3. The minimum atomic E-state index is -0.808. The minimum absolute atomic E-state index is 0.0170. The number of hydrogen-bond donors (Lipinski definition) is 2. The predicted molar refractivity (Wildman–Crippen MR) is 139 cm³/mol. The third-order valence-corrected chi connectivity index (χ3v) is 5.73. The van der Waals surface area contributed by atoms with Gasteiger partial charge in [0.15, 0.2) is 5.69 Å². The first-order valence-electron chi connectivity index (χ1n) is 11.9. The van der Waals surface area contributed by atoms with Gasteiger partial charge in [0.1, 0.15) is 11.3 Å². The van der Waals surface area contributed by atoms with Crippen molar-refractivity contribution in [3.05, 3.63) is 65.7 Å². The van der Waals surface area contributed by atoms with Gasteiger partial charge in [0.25, 0.3) is 11.8 Å². The summed E-state index contributed by atoms with van der Waals surface area (Å²) in [6.45, 7) is 7.94.